The minimum absolute atomic E-state index is 0.0970. The lowest BCUT2D eigenvalue weighted by molar-refractivity contribution is -0.139. The molecule has 108 valence electrons. The van der Waals surface area contributed by atoms with E-state index in [9.17, 15) is 9.59 Å². The van der Waals surface area contributed by atoms with Crippen molar-refractivity contribution in [3.8, 4) is 0 Å². The standard InChI is InChI=1S/C14H24N2O3/c1-3-14(2)4-6-15(7-5-14)13(19)16-9-11(10-16)8-12(17)18/h11H,3-10H2,1-2H3,(H,17,18). The van der Waals surface area contributed by atoms with Gasteiger partial charge in [0.25, 0.3) is 0 Å². The van der Waals surface area contributed by atoms with Crippen LogP contribution in [-0.4, -0.2) is 53.1 Å². The van der Waals surface area contributed by atoms with Crippen LogP contribution in [0.2, 0.25) is 0 Å². The lowest BCUT2D eigenvalue weighted by Gasteiger charge is -2.45. The normalized spacial score (nSPS) is 23.1. The maximum absolute atomic E-state index is 12.2. The molecular weight excluding hydrogens is 244 g/mol. The summed E-state index contributed by atoms with van der Waals surface area (Å²) in [6.45, 7) is 7.39. The van der Waals surface area contributed by atoms with Crippen LogP contribution in [0.4, 0.5) is 4.79 Å². The van der Waals surface area contributed by atoms with Gasteiger partial charge in [-0.2, -0.15) is 0 Å². The Morgan fingerprint density at radius 2 is 1.79 bits per heavy atom. The Morgan fingerprint density at radius 1 is 1.21 bits per heavy atom. The number of carboxylic acids is 1. The van der Waals surface area contributed by atoms with Crippen molar-refractivity contribution in [1.82, 2.24) is 9.80 Å². The van der Waals surface area contributed by atoms with Gasteiger partial charge in [0.2, 0.25) is 0 Å². The molecule has 2 fully saturated rings. The largest absolute Gasteiger partial charge is 0.481 e. The van der Waals surface area contributed by atoms with Crippen LogP contribution in [0.1, 0.15) is 39.5 Å². The molecule has 0 aromatic heterocycles. The molecule has 2 rings (SSSR count). The fourth-order valence-electron chi connectivity index (χ4n) is 2.89. The van der Waals surface area contributed by atoms with Crippen molar-refractivity contribution in [2.24, 2.45) is 11.3 Å². The van der Waals surface area contributed by atoms with Crippen LogP contribution in [-0.2, 0) is 4.79 Å². The number of likely N-dealkylation sites (tertiary alicyclic amines) is 2. The second-order valence-corrected chi connectivity index (χ2v) is 6.30. The monoisotopic (exact) mass is 268 g/mol. The van der Waals surface area contributed by atoms with Crippen molar-refractivity contribution in [1.29, 1.82) is 0 Å². The van der Waals surface area contributed by atoms with Crippen molar-refractivity contribution in [2.45, 2.75) is 39.5 Å². The molecule has 0 aromatic rings. The molecule has 0 atom stereocenters. The molecule has 0 bridgehead atoms. The van der Waals surface area contributed by atoms with Crippen LogP contribution in [0.25, 0.3) is 0 Å². The number of rotatable bonds is 3. The summed E-state index contributed by atoms with van der Waals surface area (Å²) in [6, 6.07) is 0.0970. The molecule has 2 heterocycles. The summed E-state index contributed by atoms with van der Waals surface area (Å²) in [5.74, 6) is -0.624. The van der Waals surface area contributed by atoms with Crippen molar-refractivity contribution in [3.63, 3.8) is 0 Å². The number of nitrogens with zero attached hydrogens (tertiary/aromatic N) is 2. The average Bonchev–Trinajstić information content (AvgIpc) is 2.33. The fraction of sp³-hybridized carbons (Fsp3) is 0.857. The van der Waals surface area contributed by atoms with Crippen LogP contribution in [0.3, 0.4) is 0 Å². The van der Waals surface area contributed by atoms with Gasteiger partial charge in [-0.3, -0.25) is 4.79 Å². The number of carbonyl (C=O) groups excluding carboxylic acids is 1. The van der Waals surface area contributed by atoms with Gasteiger partial charge in [0.1, 0.15) is 0 Å². The minimum atomic E-state index is -0.770. The van der Waals surface area contributed by atoms with Crippen molar-refractivity contribution in [3.05, 3.63) is 0 Å². The summed E-state index contributed by atoms with van der Waals surface area (Å²) in [5.41, 5.74) is 0.386. The number of amides is 2. The molecule has 1 N–H and O–H groups in total. The van der Waals surface area contributed by atoms with E-state index in [4.69, 9.17) is 5.11 Å². The Bertz CT molecular complexity index is 356. The summed E-state index contributed by atoms with van der Waals surface area (Å²) in [5, 5.41) is 8.69. The summed E-state index contributed by atoms with van der Waals surface area (Å²) in [7, 11) is 0. The maximum Gasteiger partial charge on any atom is 0.320 e. The van der Waals surface area contributed by atoms with Gasteiger partial charge >= 0.3 is 12.0 Å². The molecule has 5 nitrogen and oxygen atoms in total. The highest BCUT2D eigenvalue weighted by atomic mass is 16.4. The number of carboxylic acid groups (broad SMARTS) is 1. The van der Waals surface area contributed by atoms with Crippen molar-refractivity contribution >= 4 is 12.0 Å². The molecule has 2 aliphatic heterocycles. The van der Waals surface area contributed by atoms with E-state index < -0.39 is 5.97 Å². The number of hydrogen-bond acceptors (Lipinski definition) is 2. The van der Waals surface area contributed by atoms with Gasteiger partial charge in [-0.1, -0.05) is 20.3 Å². The molecule has 0 spiro atoms. The highest BCUT2D eigenvalue weighted by Crippen LogP contribution is 2.34. The summed E-state index contributed by atoms with van der Waals surface area (Å²) < 4.78 is 0. The van der Waals surface area contributed by atoms with Crippen molar-refractivity contribution in [2.75, 3.05) is 26.2 Å². The molecule has 0 aliphatic carbocycles. The van der Waals surface area contributed by atoms with Crippen LogP contribution >= 0.6 is 0 Å². The summed E-state index contributed by atoms with van der Waals surface area (Å²) in [6.07, 6.45) is 3.49. The molecule has 2 amide bonds. The smallest absolute Gasteiger partial charge is 0.320 e. The van der Waals surface area contributed by atoms with E-state index in [0.717, 1.165) is 25.9 Å². The summed E-state index contributed by atoms with van der Waals surface area (Å²) >= 11 is 0. The van der Waals surface area contributed by atoms with Crippen LogP contribution in [0, 0.1) is 11.3 Å². The van der Waals surface area contributed by atoms with Gasteiger partial charge in [-0.15, -0.1) is 0 Å². The zero-order valence-corrected chi connectivity index (χ0v) is 11.9. The SMILES string of the molecule is CCC1(C)CCN(C(=O)N2CC(CC(=O)O)C2)CC1. The molecule has 0 saturated carbocycles. The number of carbonyl (C=O) groups is 2. The fourth-order valence-corrected chi connectivity index (χ4v) is 2.89. The van der Waals surface area contributed by atoms with Gasteiger partial charge in [-0.25, -0.2) is 4.79 Å². The van der Waals surface area contributed by atoms with E-state index in [0.29, 0.717) is 18.5 Å². The third kappa shape index (κ3) is 3.19. The number of urea groups is 1. The minimum Gasteiger partial charge on any atom is -0.481 e. The molecule has 19 heavy (non-hydrogen) atoms. The summed E-state index contributed by atoms with van der Waals surface area (Å²) in [4.78, 5) is 26.5. The van der Waals surface area contributed by atoms with Gasteiger partial charge in [0, 0.05) is 32.1 Å². The zero-order chi connectivity index (χ0) is 14.0. The van der Waals surface area contributed by atoms with E-state index in [1.54, 1.807) is 4.90 Å². The van der Waals surface area contributed by atoms with E-state index in [1.165, 1.54) is 6.42 Å². The second kappa shape index (κ2) is 5.39. The predicted octanol–water partition coefficient (Wildman–Crippen LogP) is 2.03. The molecule has 5 heteroatoms. The Balaban J connectivity index is 1.76. The second-order valence-electron chi connectivity index (χ2n) is 6.30. The quantitative estimate of drug-likeness (QED) is 0.852. The first-order chi connectivity index (χ1) is 8.93. The number of hydrogen-bond donors (Lipinski definition) is 1. The zero-order valence-electron chi connectivity index (χ0n) is 11.9. The maximum atomic E-state index is 12.2. The Kier molecular flexibility index (Phi) is 4.02. The Labute approximate surface area is 114 Å². The molecular formula is C14H24N2O3. The third-order valence-corrected chi connectivity index (χ3v) is 4.79. The van der Waals surface area contributed by atoms with Gasteiger partial charge in [-0.05, 0) is 18.3 Å². The van der Waals surface area contributed by atoms with Crippen LogP contribution in [0.5, 0.6) is 0 Å². The van der Waals surface area contributed by atoms with Crippen molar-refractivity contribution < 1.29 is 14.7 Å². The van der Waals surface area contributed by atoms with Gasteiger partial charge in [0.05, 0.1) is 6.42 Å². The lowest BCUT2D eigenvalue weighted by atomic mass is 9.78. The number of aliphatic carboxylic acids is 1. The molecule has 0 aromatic carbocycles. The first-order valence-electron chi connectivity index (χ1n) is 7.19. The molecule has 2 saturated heterocycles. The lowest BCUT2D eigenvalue weighted by Crippen LogP contribution is -2.57. The number of piperidine rings is 1. The predicted molar refractivity (Wildman–Crippen MR) is 71.9 cm³/mol. The first kappa shape index (κ1) is 14.2. The van der Waals surface area contributed by atoms with Gasteiger partial charge < -0.3 is 14.9 Å². The third-order valence-electron chi connectivity index (χ3n) is 4.79. The Hall–Kier alpha value is -1.26. The van der Waals surface area contributed by atoms with Gasteiger partial charge in [0.15, 0.2) is 0 Å². The van der Waals surface area contributed by atoms with E-state index in [-0.39, 0.29) is 18.4 Å². The van der Waals surface area contributed by atoms with E-state index in [1.807, 2.05) is 4.90 Å². The first-order valence-corrected chi connectivity index (χ1v) is 7.19. The highest BCUT2D eigenvalue weighted by molar-refractivity contribution is 5.76. The average molecular weight is 268 g/mol. The molecule has 2 aliphatic rings. The van der Waals surface area contributed by atoms with E-state index in [2.05, 4.69) is 13.8 Å². The molecule has 0 unspecified atom stereocenters. The van der Waals surface area contributed by atoms with E-state index >= 15 is 0 Å². The highest BCUT2D eigenvalue weighted by Gasteiger charge is 2.37. The Morgan fingerprint density at radius 3 is 2.26 bits per heavy atom. The topological polar surface area (TPSA) is 60.9 Å². The van der Waals surface area contributed by atoms with Crippen LogP contribution < -0.4 is 0 Å². The molecule has 0 radical (unpaired) electrons. The van der Waals surface area contributed by atoms with Crippen LogP contribution in [0.15, 0.2) is 0 Å².